The Balaban J connectivity index is 1.56. The van der Waals surface area contributed by atoms with Crippen molar-refractivity contribution in [3.63, 3.8) is 0 Å². The summed E-state index contributed by atoms with van der Waals surface area (Å²) in [4.78, 5) is 2.66. The molecule has 2 rings (SSSR count). The van der Waals surface area contributed by atoms with Crippen molar-refractivity contribution in [2.24, 2.45) is 17.8 Å². The van der Waals surface area contributed by atoms with E-state index in [4.69, 9.17) is 0 Å². The van der Waals surface area contributed by atoms with Gasteiger partial charge in [-0.1, -0.05) is 33.6 Å². The zero-order chi connectivity index (χ0) is 13.7. The third-order valence-electron chi connectivity index (χ3n) is 5.37. The fourth-order valence-electron chi connectivity index (χ4n) is 3.89. The zero-order valence-corrected chi connectivity index (χ0v) is 13.3. The Bertz CT molecular complexity index is 244. The van der Waals surface area contributed by atoms with E-state index in [0.717, 1.165) is 23.8 Å². The summed E-state index contributed by atoms with van der Waals surface area (Å²) in [7, 11) is 0. The van der Waals surface area contributed by atoms with E-state index in [1.807, 2.05) is 0 Å². The van der Waals surface area contributed by atoms with Gasteiger partial charge in [0.25, 0.3) is 0 Å². The second-order valence-corrected chi connectivity index (χ2v) is 7.35. The molecule has 0 aromatic heterocycles. The maximum Gasteiger partial charge on any atom is 0.0107 e. The highest BCUT2D eigenvalue weighted by atomic mass is 15.1. The van der Waals surface area contributed by atoms with Crippen LogP contribution in [-0.4, -0.2) is 37.1 Å². The summed E-state index contributed by atoms with van der Waals surface area (Å²) < 4.78 is 0. The van der Waals surface area contributed by atoms with Crippen LogP contribution in [0.25, 0.3) is 0 Å². The lowest BCUT2D eigenvalue weighted by Gasteiger charge is -2.34. The Labute approximate surface area is 120 Å². The SMILES string of the molecule is CC1CCCC(NCCN2CCC(C(C)C)CC2)C1. The van der Waals surface area contributed by atoms with Gasteiger partial charge >= 0.3 is 0 Å². The molecule has 1 saturated carbocycles. The molecule has 19 heavy (non-hydrogen) atoms. The molecule has 2 nitrogen and oxygen atoms in total. The Hall–Kier alpha value is -0.0800. The number of nitrogens with one attached hydrogen (secondary N) is 1. The van der Waals surface area contributed by atoms with Gasteiger partial charge in [0.2, 0.25) is 0 Å². The summed E-state index contributed by atoms with van der Waals surface area (Å²) >= 11 is 0. The van der Waals surface area contributed by atoms with Gasteiger partial charge in [0, 0.05) is 19.1 Å². The zero-order valence-electron chi connectivity index (χ0n) is 13.3. The number of hydrogen-bond donors (Lipinski definition) is 1. The van der Waals surface area contributed by atoms with Crippen molar-refractivity contribution in [2.75, 3.05) is 26.2 Å². The van der Waals surface area contributed by atoms with Crippen LogP contribution in [0.15, 0.2) is 0 Å². The van der Waals surface area contributed by atoms with E-state index in [1.54, 1.807) is 0 Å². The quantitative estimate of drug-likeness (QED) is 0.819. The highest BCUT2D eigenvalue weighted by molar-refractivity contribution is 4.78. The molecular formula is C17H34N2. The summed E-state index contributed by atoms with van der Waals surface area (Å²) in [6, 6.07) is 0.803. The van der Waals surface area contributed by atoms with E-state index >= 15 is 0 Å². The van der Waals surface area contributed by atoms with Gasteiger partial charge in [-0.25, -0.2) is 0 Å². The van der Waals surface area contributed by atoms with Gasteiger partial charge in [-0.3, -0.25) is 0 Å². The van der Waals surface area contributed by atoms with Crippen molar-refractivity contribution in [3.8, 4) is 0 Å². The van der Waals surface area contributed by atoms with E-state index < -0.39 is 0 Å². The van der Waals surface area contributed by atoms with Crippen LogP contribution >= 0.6 is 0 Å². The summed E-state index contributed by atoms with van der Waals surface area (Å²) in [5.74, 6) is 2.79. The minimum atomic E-state index is 0.803. The lowest BCUT2D eigenvalue weighted by Crippen LogP contribution is -2.42. The normalized spacial score (nSPS) is 30.9. The van der Waals surface area contributed by atoms with Crippen molar-refractivity contribution in [2.45, 2.75) is 65.3 Å². The number of rotatable bonds is 5. The molecule has 1 saturated heterocycles. The topological polar surface area (TPSA) is 15.3 Å². The van der Waals surface area contributed by atoms with Gasteiger partial charge in [-0.2, -0.15) is 0 Å². The standard InChI is InChI=1S/C17H34N2/c1-14(2)16-7-10-19(11-8-16)12-9-18-17-6-4-5-15(3)13-17/h14-18H,4-13H2,1-3H3. The van der Waals surface area contributed by atoms with Gasteiger partial charge in [-0.15, -0.1) is 0 Å². The Kier molecular flexibility index (Phi) is 6.15. The molecule has 0 bridgehead atoms. The van der Waals surface area contributed by atoms with Crippen molar-refractivity contribution in [1.82, 2.24) is 10.2 Å². The van der Waals surface area contributed by atoms with Gasteiger partial charge in [-0.05, 0) is 56.5 Å². The first kappa shape index (κ1) is 15.3. The predicted octanol–water partition coefficient (Wildman–Crippen LogP) is 3.52. The van der Waals surface area contributed by atoms with Crippen LogP contribution in [0.1, 0.15) is 59.3 Å². The van der Waals surface area contributed by atoms with E-state index in [1.165, 1.54) is 64.7 Å². The van der Waals surface area contributed by atoms with E-state index in [-0.39, 0.29) is 0 Å². The fourth-order valence-corrected chi connectivity index (χ4v) is 3.89. The molecule has 1 heterocycles. The van der Waals surface area contributed by atoms with Crippen LogP contribution in [0, 0.1) is 17.8 Å². The molecule has 2 fully saturated rings. The molecule has 2 unspecified atom stereocenters. The highest BCUT2D eigenvalue weighted by Crippen LogP contribution is 2.25. The maximum absolute atomic E-state index is 3.79. The van der Waals surface area contributed by atoms with E-state index in [9.17, 15) is 0 Å². The summed E-state index contributed by atoms with van der Waals surface area (Å²) in [5.41, 5.74) is 0. The molecule has 0 amide bonds. The monoisotopic (exact) mass is 266 g/mol. The molecule has 2 heteroatoms. The molecule has 1 N–H and O–H groups in total. The second-order valence-electron chi connectivity index (χ2n) is 7.35. The van der Waals surface area contributed by atoms with Gasteiger partial charge < -0.3 is 10.2 Å². The number of nitrogens with zero attached hydrogens (tertiary/aromatic N) is 1. The second kappa shape index (κ2) is 7.64. The first-order chi connectivity index (χ1) is 9.15. The van der Waals surface area contributed by atoms with Crippen LogP contribution < -0.4 is 5.32 Å². The van der Waals surface area contributed by atoms with E-state index in [0.29, 0.717) is 0 Å². The molecule has 112 valence electrons. The van der Waals surface area contributed by atoms with Gasteiger partial charge in [0.1, 0.15) is 0 Å². The van der Waals surface area contributed by atoms with Crippen molar-refractivity contribution >= 4 is 0 Å². The first-order valence-electron chi connectivity index (χ1n) is 8.61. The molecule has 1 aliphatic carbocycles. The molecule has 0 spiro atoms. The summed E-state index contributed by atoms with van der Waals surface area (Å²) in [6.07, 6.45) is 8.50. The number of piperidine rings is 1. The molecule has 0 aromatic carbocycles. The summed E-state index contributed by atoms with van der Waals surface area (Å²) in [6.45, 7) is 12.3. The lowest BCUT2D eigenvalue weighted by atomic mass is 9.86. The van der Waals surface area contributed by atoms with Crippen LogP contribution in [0.5, 0.6) is 0 Å². The molecule has 1 aliphatic heterocycles. The van der Waals surface area contributed by atoms with Crippen LogP contribution in [0.2, 0.25) is 0 Å². The molecule has 2 aliphatic rings. The summed E-state index contributed by atoms with van der Waals surface area (Å²) in [5, 5.41) is 3.79. The highest BCUT2D eigenvalue weighted by Gasteiger charge is 2.22. The third kappa shape index (κ3) is 5.07. The third-order valence-corrected chi connectivity index (χ3v) is 5.37. The van der Waals surface area contributed by atoms with Crippen molar-refractivity contribution < 1.29 is 0 Å². The smallest absolute Gasteiger partial charge is 0.0107 e. The average molecular weight is 266 g/mol. The molecule has 0 radical (unpaired) electrons. The minimum absolute atomic E-state index is 0.803. The minimum Gasteiger partial charge on any atom is -0.313 e. The van der Waals surface area contributed by atoms with Crippen LogP contribution in [0.3, 0.4) is 0 Å². The maximum atomic E-state index is 3.79. The van der Waals surface area contributed by atoms with Gasteiger partial charge in [0.15, 0.2) is 0 Å². The largest absolute Gasteiger partial charge is 0.313 e. The number of likely N-dealkylation sites (tertiary alicyclic amines) is 1. The Morgan fingerprint density at radius 3 is 2.47 bits per heavy atom. The first-order valence-corrected chi connectivity index (χ1v) is 8.61. The van der Waals surface area contributed by atoms with Crippen molar-refractivity contribution in [3.05, 3.63) is 0 Å². The average Bonchev–Trinajstić information content (AvgIpc) is 2.39. The molecular weight excluding hydrogens is 232 g/mol. The number of hydrogen-bond acceptors (Lipinski definition) is 2. The Morgan fingerprint density at radius 2 is 1.84 bits per heavy atom. The van der Waals surface area contributed by atoms with Crippen LogP contribution in [-0.2, 0) is 0 Å². The van der Waals surface area contributed by atoms with Crippen LogP contribution in [0.4, 0.5) is 0 Å². The van der Waals surface area contributed by atoms with E-state index in [2.05, 4.69) is 31.0 Å². The lowest BCUT2D eigenvalue weighted by molar-refractivity contribution is 0.155. The van der Waals surface area contributed by atoms with Crippen molar-refractivity contribution in [1.29, 1.82) is 0 Å². The molecule has 2 atom stereocenters. The molecule has 0 aromatic rings. The fraction of sp³-hybridized carbons (Fsp3) is 1.00. The predicted molar refractivity (Wildman–Crippen MR) is 83.4 cm³/mol. The Morgan fingerprint density at radius 1 is 1.11 bits per heavy atom. The van der Waals surface area contributed by atoms with Gasteiger partial charge in [0.05, 0.1) is 0 Å².